The Morgan fingerprint density at radius 2 is 1.96 bits per heavy atom. The van der Waals surface area contributed by atoms with Gasteiger partial charge in [-0.3, -0.25) is 0 Å². The molecule has 4 rings (SSSR count). The molecule has 5 heteroatoms. The minimum atomic E-state index is 0.0913. The third-order valence-electron chi connectivity index (χ3n) is 4.62. The van der Waals surface area contributed by atoms with Crippen molar-refractivity contribution in [2.24, 2.45) is 0 Å². The Balaban J connectivity index is 1.80. The van der Waals surface area contributed by atoms with Crippen LogP contribution in [0.25, 0.3) is 22.2 Å². The van der Waals surface area contributed by atoms with Crippen LogP contribution in [-0.4, -0.2) is 26.8 Å². The van der Waals surface area contributed by atoms with Gasteiger partial charge in [-0.2, -0.15) is 0 Å². The van der Waals surface area contributed by atoms with E-state index in [0.717, 1.165) is 33.5 Å². The van der Waals surface area contributed by atoms with Gasteiger partial charge in [0.25, 0.3) is 0 Å². The largest absolute Gasteiger partial charge is 0.508 e. The monoisotopic (exact) mass is 333 g/mol. The van der Waals surface area contributed by atoms with Crippen LogP contribution in [0.3, 0.4) is 0 Å². The molecule has 2 aromatic heterocycles. The van der Waals surface area contributed by atoms with Gasteiger partial charge in [-0.1, -0.05) is 12.1 Å². The van der Waals surface area contributed by atoms with E-state index in [2.05, 4.69) is 21.5 Å². The summed E-state index contributed by atoms with van der Waals surface area (Å²) in [7, 11) is 1.67. The summed E-state index contributed by atoms with van der Waals surface area (Å²) in [4.78, 5) is 7.67. The van der Waals surface area contributed by atoms with Crippen LogP contribution >= 0.6 is 0 Å². The number of aromatic amines is 1. The molecular formula is C20H19N3O2. The number of hydrogen-bond acceptors (Lipinski definition) is 3. The molecule has 0 saturated heterocycles. The lowest BCUT2D eigenvalue weighted by Gasteiger charge is -2.17. The van der Waals surface area contributed by atoms with E-state index in [-0.39, 0.29) is 11.8 Å². The van der Waals surface area contributed by atoms with Crippen molar-refractivity contribution in [1.82, 2.24) is 14.5 Å². The Labute approximate surface area is 145 Å². The van der Waals surface area contributed by atoms with E-state index in [1.165, 1.54) is 0 Å². The lowest BCUT2D eigenvalue weighted by molar-refractivity contribution is 0.415. The molecule has 0 saturated carbocycles. The van der Waals surface area contributed by atoms with Gasteiger partial charge in [0, 0.05) is 22.7 Å². The quantitative estimate of drug-likeness (QED) is 0.583. The molecule has 25 heavy (non-hydrogen) atoms. The fourth-order valence-electron chi connectivity index (χ4n) is 3.17. The van der Waals surface area contributed by atoms with Crippen LogP contribution in [0.5, 0.6) is 11.5 Å². The highest BCUT2D eigenvalue weighted by atomic mass is 16.5. The van der Waals surface area contributed by atoms with E-state index < -0.39 is 0 Å². The Morgan fingerprint density at radius 1 is 1.16 bits per heavy atom. The van der Waals surface area contributed by atoms with Gasteiger partial charge in [-0.15, -0.1) is 0 Å². The molecule has 2 N–H and O–H groups in total. The van der Waals surface area contributed by atoms with E-state index in [4.69, 9.17) is 4.74 Å². The smallest absolute Gasteiger partial charge is 0.119 e. The van der Waals surface area contributed by atoms with Crippen molar-refractivity contribution in [1.29, 1.82) is 0 Å². The number of aromatic nitrogens is 3. The molecule has 0 aliphatic rings. The number of imidazole rings is 1. The summed E-state index contributed by atoms with van der Waals surface area (Å²) in [5.41, 5.74) is 4.27. The third kappa shape index (κ3) is 2.63. The van der Waals surface area contributed by atoms with Crippen molar-refractivity contribution in [3.8, 4) is 22.8 Å². The summed E-state index contributed by atoms with van der Waals surface area (Å²) in [6.07, 6.45) is 5.71. The molecule has 2 heterocycles. The number of nitrogens with one attached hydrogen (secondary N) is 1. The molecule has 126 valence electrons. The molecule has 0 spiro atoms. The molecule has 4 aromatic rings. The molecule has 0 fully saturated rings. The fraction of sp³-hybridized carbons (Fsp3) is 0.150. The first-order valence-corrected chi connectivity index (χ1v) is 8.13. The number of benzene rings is 2. The van der Waals surface area contributed by atoms with E-state index in [1.54, 1.807) is 19.2 Å². The fourth-order valence-corrected chi connectivity index (χ4v) is 3.17. The summed E-state index contributed by atoms with van der Waals surface area (Å²) in [5.74, 6) is 1.09. The lowest BCUT2D eigenvalue weighted by atomic mass is 10.1. The number of methoxy groups -OCH3 is 1. The molecule has 2 aromatic carbocycles. The zero-order valence-corrected chi connectivity index (χ0v) is 14.1. The van der Waals surface area contributed by atoms with Crippen LogP contribution in [0.4, 0.5) is 0 Å². The molecular weight excluding hydrogens is 314 g/mol. The van der Waals surface area contributed by atoms with E-state index in [1.807, 2.05) is 49.1 Å². The molecule has 0 aliphatic heterocycles. The predicted octanol–water partition coefficient (Wildman–Crippen LogP) is 4.35. The average molecular weight is 333 g/mol. The Hall–Kier alpha value is -3.21. The summed E-state index contributed by atoms with van der Waals surface area (Å²) in [6.45, 7) is 2.12. The standard InChI is InChI=1S/C20H19N3O2/c1-13(14-3-5-15(24)6-4-14)23-12-21-11-20(23)18-10-22-19-8-7-16(25-2)9-17(18)19/h3-13,22,24H,1-2H3. The number of aromatic hydroxyl groups is 1. The van der Waals surface area contributed by atoms with Gasteiger partial charge in [-0.05, 0) is 42.8 Å². The number of hydrogen-bond donors (Lipinski definition) is 2. The van der Waals surface area contributed by atoms with Crippen LogP contribution < -0.4 is 4.74 Å². The second kappa shape index (κ2) is 6.02. The van der Waals surface area contributed by atoms with Crippen LogP contribution in [0.2, 0.25) is 0 Å². The maximum Gasteiger partial charge on any atom is 0.119 e. The van der Waals surface area contributed by atoms with Gasteiger partial charge in [0.2, 0.25) is 0 Å². The zero-order valence-electron chi connectivity index (χ0n) is 14.1. The van der Waals surface area contributed by atoms with E-state index >= 15 is 0 Å². The molecule has 1 atom stereocenters. The normalized spacial score (nSPS) is 12.4. The molecule has 0 bridgehead atoms. The van der Waals surface area contributed by atoms with Crippen LogP contribution in [0, 0.1) is 0 Å². The number of nitrogens with zero attached hydrogens (tertiary/aromatic N) is 2. The highest BCUT2D eigenvalue weighted by molar-refractivity contribution is 5.95. The summed E-state index contributed by atoms with van der Waals surface area (Å²) >= 11 is 0. The first-order valence-electron chi connectivity index (χ1n) is 8.13. The van der Waals surface area contributed by atoms with Gasteiger partial charge in [-0.25, -0.2) is 4.98 Å². The SMILES string of the molecule is COc1ccc2[nH]cc(-c3cncn3C(C)c3ccc(O)cc3)c2c1. The molecule has 0 radical (unpaired) electrons. The van der Waals surface area contributed by atoms with Gasteiger partial charge in [0.05, 0.1) is 31.4 Å². The summed E-state index contributed by atoms with van der Waals surface area (Å²) in [6, 6.07) is 13.4. The number of fused-ring (bicyclic) bond motifs is 1. The van der Waals surface area contributed by atoms with Gasteiger partial charge < -0.3 is 19.4 Å². The van der Waals surface area contributed by atoms with Gasteiger partial charge >= 0.3 is 0 Å². The first kappa shape index (κ1) is 15.3. The first-order chi connectivity index (χ1) is 12.2. The van der Waals surface area contributed by atoms with E-state index in [0.29, 0.717) is 0 Å². The second-order valence-electron chi connectivity index (χ2n) is 6.07. The molecule has 0 aliphatic carbocycles. The maximum absolute atomic E-state index is 9.51. The van der Waals surface area contributed by atoms with Gasteiger partial charge in [0.15, 0.2) is 0 Å². The summed E-state index contributed by atoms with van der Waals surface area (Å²) < 4.78 is 7.50. The van der Waals surface area contributed by atoms with Crippen molar-refractivity contribution < 1.29 is 9.84 Å². The zero-order chi connectivity index (χ0) is 17.4. The number of H-pyrrole nitrogens is 1. The minimum absolute atomic E-state index is 0.0913. The lowest BCUT2D eigenvalue weighted by Crippen LogP contribution is -2.06. The molecule has 5 nitrogen and oxygen atoms in total. The third-order valence-corrected chi connectivity index (χ3v) is 4.62. The Kier molecular flexibility index (Phi) is 3.69. The van der Waals surface area contributed by atoms with Crippen LogP contribution in [0.15, 0.2) is 61.2 Å². The molecule has 0 amide bonds. The van der Waals surface area contributed by atoms with Crippen LogP contribution in [0.1, 0.15) is 18.5 Å². The number of phenolic OH excluding ortho intramolecular Hbond substituents is 1. The number of phenols is 1. The topological polar surface area (TPSA) is 63.1 Å². The van der Waals surface area contributed by atoms with Crippen molar-refractivity contribution in [3.05, 3.63) is 66.7 Å². The van der Waals surface area contributed by atoms with Crippen molar-refractivity contribution in [3.63, 3.8) is 0 Å². The average Bonchev–Trinajstić information content (AvgIpc) is 3.27. The maximum atomic E-state index is 9.51. The van der Waals surface area contributed by atoms with Crippen molar-refractivity contribution in [2.45, 2.75) is 13.0 Å². The van der Waals surface area contributed by atoms with Crippen molar-refractivity contribution >= 4 is 10.9 Å². The Bertz CT molecular complexity index is 1020. The molecule has 1 unspecified atom stereocenters. The number of ether oxygens (including phenoxy) is 1. The highest BCUT2D eigenvalue weighted by Crippen LogP contribution is 2.33. The minimum Gasteiger partial charge on any atom is -0.508 e. The number of rotatable bonds is 4. The highest BCUT2D eigenvalue weighted by Gasteiger charge is 2.16. The Morgan fingerprint density at radius 3 is 2.72 bits per heavy atom. The predicted molar refractivity (Wildman–Crippen MR) is 98.0 cm³/mol. The van der Waals surface area contributed by atoms with E-state index in [9.17, 15) is 5.11 Å². The van der Waals surface area contributed by atoms with Crippen LogP contribution in [-0.2, 0) is 0 Å². The van der Waals surface area contributed by atoms with Gasteiger partial charge in [0.1, 0.15) is 11.5 Å². The second-order valence-corrected chi connectivity index (χ2v) is 6.07. The van der Waals surface area contributed by atoms with Crippen molar-refractivity contribution in [2.75, 3.05) is 7.11 Å². The summed E-state index contributed by atoms with van der Waals surface area (Å²) in [5, 5.41) is 10.6.